The second-order valence-electron chi connectivity index (χ2n) is 6.59. The van der Waals surface area contributed by atoms with Gasteiger partial charge in [0.25, 0.3) is 0 Å². The van der Waals surface area contributed by atoms with E-state index in [1.54, 1.807) is 12.1 Å². The lowest BCUT2D eigenvalue weighted by Gasteiger charge is -2.27. The van der Waals surface area contributed by atoms with Gasteiger partial charge in [-0.15, -0.1) is 0 Å². The predicted octanol–water partition coefficient (Wildman–Crippen LogP) is 2.90. The topological polar surface area (TPSA) is 60.0 Å². The van der Waals surface area contributed by atoms with Crippen molar-refractivity contribution in [3.63, 3.8) is 0 Å². The molecule has 2 unspecified atom stereocenters. The lowest BCUT2D eigenvalue weighted by molar-refractivity contribution is -0.0221. The summed E-state index contributed by atoms with van der Waals surface area (Å²) in [4.78, 5) is 0. The highest BCUT2D eigenvalue weighted by Crippen LogP contribution is 2.38. The first-order chi connectivity index (χ1) is 10.7. The highest BCUT2D eigenvalue weighted by molar-refractivity contribution is 6.42. The Hall–Kier alpha value is -0.720. The molecule has 1 heterocycles. The molecule has 1 aromatic rings. The Morgan fingerprint density at radius 2 is 1.96 bits per heavy atom. The summed E-state index contributed by atoms with van der Waals surface area (Å²) in [7, 11) is 0. The van der Waals surface area contributed by atoms with Crippen LogP contribution >= 0.6 is 23.2 Å². The smallest absolute Gasteiger partial charge is 0.163 e. The van der Waals surface area contributed by atoms with Gasteiger partial charge >= 0.3 is 0 Å². The fourth-order valence-electron chi connectivity index (χ4n) is 2.01. The molecule has 0 radical (unpaired) electrons. The molecule has 5 nitrogen and oxygen atoms in total. The van der Waals surface area contributed by atoms with E-state index in [0.717, 1.165) is 0 Å². The molecule has 1 aliphatic rings. The number of rotatable bonds is 6. The van der Waals surface area contributed by atoms with E-state index in [1.165, 1.54) is 0 Å². The normalized spacial score (nSPS) is 18.8. The van der Waals surface area contributed by atoms with Crippen LogP contribution in [-0.2, 0) is 4.74 Å². The van der Waals surface area contributed by atoms with Crippen molar-refractivity contribution in [2.45, 2.75) is 38.5 Å². The number of halogens is 2. The quantitative estimate of drug-likeness (QED) is 0.813. The van der Waals surface area contributed by atoms with Gasteiger partial charge in [0.15, 0.2) is 17.6 Å². The van der Waals surface area contributed by atoms with E-state index >= 15 is 0 Å². The van der Waals surface area contributed by atoms with Gasteiger partial charge in [0, 0.05) is 24.2 Å². The first-order valence-corrected chi connectivity index (χ1v) is 8.29. The van der Waals surface area contributed by atoms with E-state index in [4.69, 9.17) is 37.4 Å². The van der Waals surface area contributed by atoms with Gasteiger partial charge in [0.1, 0.15) is 6.61 Å². The van der Waals surface area contributed by atoms with Crippen molar-refractivity contribution in [1.82, 2.24) is 5.32 Å². The van der Waals surface area contributed by atoms with Crippen LogP contribution in [0.4, 0.5) is 0 Å². The minimum absolute atomic E-state index is 0.0362. The number of nitrogens with one attached hydrogen (secondary N) is 1. The Morgan fingerprint density at radius 1 is 1.30 bits per heavy atom. The highest BCUT2D eigenvalue weighted by atomic mass is 35.5. The molecule has 0 aliphatic carbocycles. The van der Waals surface area contributed by atoms with Crippen molar-refractivity contribution < 1.29 is 19.3 Å². The van der Waals surface area contributed by atoms with Crippen molar-refractivity contribution in [3.8, 4) is 11.5 Å². The first-order valence-electron chi connectivity index (χ1n) is 7.54. The fraction of sp³-hybridized carbons (Fsp3) is 0.625. The van der Waals surface area contributed by atoms with Crippen LogP contribution in [0.2, 0.25) is 10.0 Å². The van der Waals surface area contributed by atoms with Gasteiger partial charge in [-0.3, -0.25) is 0 Å². The molecular weight excluding hydrogens is 341 g/mol. The van der Waals surface area contributed by atoms with Crippen molar-refractivity contribution in [1.29, 1.82) is 0 Å². The molecule has 0 fully saturated rings. The van der Waals surface area contributed by atoms with Crippen LogP contribution in [0.15, 0.2) is 12.1 Å². The molecule has 130 valence electrons. The van der Waals surface area contributed by atoms with E-state index in [-0.39, 0.29) is 18.2 Å². The van der Waals surface area contributed by atoms with Crippen molar-refractivity contribution in [3.05, 3.63) is 22.2 Å². The molecule has 0 spiro atoms. The zero-order valence-electron chi connectivity index (χ0n) is 13.6. The van der Waals surface area contributed by atoms with Gasteiger partial charge < -0.3 is 24.6 Å². The number of aliphatic hydroxyl groups is 1. The Balaban J connectivity index is 1.74. The van der Waals surface area contributed by atoms with Gasteiger partial charge in [-0.1, -0.05) is 23.2 Å². The van der Waals surface area contributed by atoms with Gasteiger partial charge in [-0.25, -0.2) is 0 Å². The second kappa shape index (κ2) is 7.90. The van der Waals surface area contributed by atoms with Crippen molar-refractivity contribution in [2.24, 2.45) is 0 Å². The third-order valence-electron chi connectivity index (χ3n) is 3.19. The molecule has 23 heavy (non-hydrogen) atoms. The number of ether oxygens (including phenoxy) is 3. The predicted molar refractivity (Wildman–Crippen MR) is 91.0 cm³/mol. The summed E-state index contributed by atoms with van der Waals surface area (Å²) in [5.41, 5.74) is -0.0362. The van der Waals surface area contributed by atoms with E-state index in [9.17, 15) is 5.11 Å². The van der Waals surface area contributed by atoms with E-state index in [1.807, 2.05) is 20.8 Å². The number of fused-ring (bicyclic) bond motifs is 1. The van der Waals surface area contributed by atoms with E-state index < -0.39 is 6.10 Å². The second-order valence-corrected chi connectivity index (χ2v) is 7.40. The maximum absolute atomic E-state index is 9.88. The first kappa shape index (κ1) is 18.6. The van der Waals surface area contributed by atoms with Crippen molar-refractivity contribution >= 4 is 23.2 Å². The molecule has 0 saturated heterocycles. The van der Waals surface area contributed by atoms with Crippen LogP contribution in [0.3, 0.4) is 0 Å². The third-order valence-corrected chi connectivity index (χ3v) is 3.91. The van der Waals surface area contributed by atoms with Crippen LogP contribution in [0.5, 0.6) is 11.5 Å². The van der Waals surface area contributed by atoms with Crippen LogP contribution in [0, 0.1) is 0 Å². The molecule has 0 saturated carbocycles. The van der Waals surface area contributed by atoms with Crippen LogP contribution in [0.1, 0.15) is 20.8 Å². The molecule has 2 N–H and O–H groups in total. The minimum atomic E-state index is -0.570. The van der Waals surface area contributed by atoms with E-state index in [2.05, 4.69) is 5.32 Å². The SMILES string of the molecule is CC(C)(C)NCC(O)COCC1COc2cc(Cl)c(Cl)cc2O1. The fourth-order valence-corrected chi connectivity index (χ4v) is 2.32. The molecule has 1 aromatic carbocycles. The molecule has 0 aromatic heterocycles. The maximum Gasteiger partial charge on any atom is 0.163 e. The van der Waals surface area contributed by atoms with Crippen LogP contribution in [-0.4, -0.2) is 49.2 Å². The molecule has 2 atom stereocenters. The molecule has 0 amide bonds. The zero-order valence-corrected chi connectivity index (χ0v) is 15.1. The summed E-state index contributed by atoms with van der Waals surface area (Å²) >= 11 is 11.9. The third kappa shape index (κ3) is 6.01. The Labute approximate surface area is 146 Å². The Bertz CT molecular complexity index is 534. The lowest BCUT2D eigenvalue weighted by atomic mass is 10.1. The number of benzene rings is 1. The minimum Gasteiger partial charge on any atom is -0.486 e. The summed E-state index contributed by atoms with van der Waals surface area (Å²) in [5.74, 6) is 1.12. The molecule has 2 rings (SSSR count). The zero-order chi connectivity index (χ0) is 17.0. The number of aliphatic hydroxyl groups excluding tert-OH is 1. The Morgan fingerprint density at radius 3 is 2.61 bits per heavy atom. The van der Waals surface area contributed by atoms with Gasteiger partial charge in [-0.05, 0) is 20.8 Å². The maximum atomic E-state index is 9.88. The highest BCUT2D eigenvalue weighted by Gasteiger charge is 2.23. The van der Waals surface area contributed by atoms with Crippen LogP contribution in [0.25, 0.3) is 0 Å². The summed E-state index contributed by atoms with van der Waals surface area (Å²) < 4.78 is 16.9. The standard InChI is InChI=1S/C16H23Cl2NO4/c1-16(2,3)19-6-10(20)7-21-8-11-9-22-14-4-12(17)13(18)5-15(14)23-11/h4-5,10-11,19-20H,6-9H2,1-3H3. The molecular formula is C16H23Cl2NO4. The molecule has 1 aliphatic heterocycles. The largest absolute Gasteiger partial charge is 0.486 e. The van der Waals surface area contributed by atoms with Crippen molar-refractivity contribution in [2.75, 3.05) is 26.4 Å². The molecule has 0 bridgehead atoms. The summed E-state index contributed by atoms with van der Waals surface area (Å²) in [6.45, 7) is 7.53. The lowest BCUT2D eigenvalue weighted by Crippen LogP contribution is -2.42. The summed E-state index contributed by atoms with van der Waals surface area (Å²) in [5, 5.41) is 13.9. The van der Waals surface area contributed by atoms with E-state index in [0.29, 0.717) is 41.3 Å². The monoisotopic (exact) mass is 363 g/mol. The van der Waals surface area contributed by atoms with Crippen LogP contribution < -0.4 is 14.8 Å². The summed E-state index contributed by atoms with van der Waals surface area (Å²) in [6.07, 6.45) is -0.818. The average Bonchev–Trinajstić information content (AvgIpc) is 2.46. The number of hydrogen-bond acceptors (Lipinski definition) is 5. The number of hydrogen-bond donors (Lipinski definition) is 2. The number of β-amino-alcohol motifs (C(OH)–C–C–N with tert-alkyl or cyclic N) is 1. The van der Waals surface area contributed by atoms with Gasteiger partial charge in [0.05, 0.1) is 29.4 Å². The van der Waals surface area contributed by atoms with Gasteiger partial charge in [-0.2, -0.15) is 0 Å². The summed E-state index contributed by atoms with van der Waals surface area (Å²) in [6, 6.07) is 3.27. The average molecular weight is 364 g/mol. The Kier molecular flexibility index (Phi) is 6.40. The van der Waals surface area contributed by atoms with Gasteiger partial charge in [0.2, 0.25) is 0 Å². The molecule has 7 heteroatoms.